The van der Waals surface area contributed by atoms with Crippen LogP contribution in [0, 0.1) is 0 Å². The zero-order chi connectivity index (χ0) is 19.3. The highest BCUT2D eigenvalue weighted by atomic mass is 32.2. The lowest BCUT2D eigenvalue weighted by molar-refractivity contribution is -0.170. The Kier molecular flexibility index (Phi) is 6.68. The number of rotatable bonds is 9. The molecule has 1 rings (SSSR count). The molecular formula is C14H13F4O6S-. The fourth-order valence-electron chi connectivity index (χ4n) is 1.45. The zero-order valence-electron chi connectivity index (χ0n) is 12.6. The molecule has 0 aliphatic heterocycles. The highest BCUT2D eigenvalue weighted by molar-refractivity contribution is 7.86. The van der Waals surface area contributed by atoms with Gasteiger partial charge in [0.05, 0.1) is 18.8 Å². The first kappa shape index (κ1) is 21.1. The quantitative estimate of drug-likeness (QED) is 0.162. The number of esters is 1. The lowest BCUT2D eigenvalue weighted by Crippen LogP contribution is -2.47. The van der Waals surface area contributed by atoms with Gasteiger partial charge in [-0.05, 0) is 12.1 Å². The van der Waals surface area contributed by atoms with Gasteiger partial charge in [-0.15, -0.1) is 0 Å². The topological polar surface area (TPSA) is 92.7 Å². The predicted molar refractivity (Wildman–Crippen MR) is 76.2 cm³/mol. The summed E-state index contributed by atoms with van der Waals surface area (Å²) in [6, 6.07) is 7.80. The lowest BCUT2D eigenvalue weighted by Gasteiger charge is -2.28. The van der Waals surface area contributed by atoms with Crippen LogP contribution in [0.3, 0.4) is 0 Å². The molecule has 11 heteroatoms. The van der Waals surface area contributed by atoms with Gasteiger partial charge in [0.15, 0.2) is 10.1 Å². The molecule has 0 spiro atoms. The SMILES string of the molecule is C=C(COCCC(F)(F)C(F)(F)S(=O)(=O)[O-])C(=O)Oc1ccccc1. The molecule has 0 fully saturated rings. The second-order valence-electron chi connectivity index (χ2n) is 4.78. The van der Waals surface area contributed by atoms with Crippen LogP contribution >= 0.6 is 0 Å². The largest absolute Gasteiger partial charge is 0.743 e. The number of benzene rings is 1. The summed E-state index contributed by atoms with van der Waals surface area (Å²) in [5.74, 6) is -5.86. The fourth-order valence-corrected chi connectivity index (χ4v) is 1.92. The molecule has 0 heterocycles. The minimum atomic E-state index is -6.54. The molecule has 0 aliphatic carbocycles. The average Bonchev–Trinajstić information content (AvgIpc) is 2.51. The van der Waals surface area contributed by atoms with E-state index in [-0.39, 0.29) is 11.3 Å². The highest BCUT2D eigenvalue weighted by Crippen LogP contribution is 2.40. The molecule has 0 saturated carbocycles. The summed E-state index contributed by atoms with van der Waals surface area (Å²) in [7, 11) is -6.54. The Morgan fingerprint density at radius 2 is 1.72 bits per heavy atom. The van der Waals surface area contributed by atoms with Crippen LogP contribution in [-0.4, -0.2) is 43.3 Å². The second kappa shape index (κ2) is 7.93. The van der Waals surface area contributed by atoms with Crippen LogP contribution in [-0.2, 0) is 19.6 Å². The molecular weight excluding hydrogens is 372 g/mol. The van der Waals surface area contributed by atoms with Crippen molar-refractivity contribution in [1.29, 1.82) is 0 Å². The van der Waals surface area contributed by atoms with Crippen molar-refractivity contribution in [3.8, 4) is 5.75 Å². The average molecular weight is 385 g/mol. The molecule has 140 valence electrons. The van der Waals surface area contributed by atoms with Gasteiger partial charge in [0, 0.05) is 6.42 Å². The van der Waals surface area contributed by atoms with Gasteiger partial charge in [0.25, 0.3) is 0 Å². The predicted octanol–water partition coefficient (Wildman–Crippen LogP) is 2.33. The first-order valence-corrected chi connectivity index (χ1v) is 8.03. The maximum Gasteiger partial charge on any atom is 0.396 e. The smallest absolute Gasteiger partial charge is 0.396 e. The Labute approximate surface area is 140 Å². The third-order valence-electron chi connectivity index (χ3n) is 2.82. The van der Waals surface area contributed by atoms with Crippen molar-refractivity contribution in [2.24, 2.45) is 0 Å². The summed E-state index contributed by atoms with van der Waals surface area (Å²) in [5.41, 5.74) is -0.282. The Balaban J connectivity index is 2.47. The summed E-state index contributed by atoms with van der Waals surface area (Å²) in [4.78, 5) is 11.6. The third kappa shape index (κ3) is 5.51. The maximum atomic E-state index is 13.1. The van der Waals surface area contributed by atoms with Crippen LogP contribution in [0.1, 0.15) is 6.42 Å². The standard InChI is InChI=1S/C14H14F4O6S/c1-10(12(19)24-11-5-3-2-4-6-11)9-23-8-7-13(15,16)14(17,18)25(20,21)22/h2-6H,1,7-9H2,(H,20,21,22)/p-1. The number of para-hydroxylation sites is 1. The summed E-state index contributed by atoms with van der Waals surface area (Å²) in [6.45, 7) is 1.63. The molecule has 0 unspecified atom stereocenters. The van der Waals surface area contributed by atoms with E-state index >= 15 is 0 Å². The molecule has 1 aromatic rings. The van der Waals surface area contributed by atoms with Crippen LogP contribution < -0.4 is 4.74 Å². The molecule has 25 heavy (non-hydrogen) atoms. The van der Waals surface area contributed by atoms with Gasteiger partial charge in [-0.2, -0.15) is 17.6 Å². The molecule has 6 nitrogen and oxygen atoms in total. The molecule has 0 amide bonds. The molecule has 0 aliphatic rings. The molecule has 0 saturated heterocycles. The van der Waals surface area contributed by atoms with Crippen molar-refractivity contribution in [1.82, 2.24) is 0 Å². The van der Waals surface area contributed by atoms with Crippen molar-refractivity contribution >= 4 is 16.1 Å². The van der Waals surface area contributed by atoms with Crippen LogP contribution in [0.5, 0.6) is 5.75 Å². The number of hydrogen-bond donors (Lipinski definition) is 0. The van der Waals surface area contributed by atoms with E-state index in [0.29, 0.717) is 0 Å². The molecule has 0 N–H and O–H groups in total. The first-order chi connectivity index (χ1) is 11.4. The van der Waals surface area contributed by atoms with Crippen molar-refractivity contribution in [2.75, 3.05) is 13.2 Å². The van der Waals surface area contributed by atoms with E-state index in [1.807, 2.05) is 0 Å². The molecule has 1 aromatic carbocycles. The summed E-state index contributed by atoms with van der Waals surface area (Å²) >= 11 is 0. The van der Waals surface area contributed by atoms with Crippen LogP contribution in [0.15, 0.2) is 42.5 Å². The Morgan fingerprint density at radius 1 is 1.16 bits per heavy atom. The number of alkyl halides is 4. The lowest BCUT2D eigenvalue weighted by atomic mass is 10.2. The van der Waals surface area contributed by atoms with E-state index in [4.69, 9.17) is 4.74 Å². The number of halogens is 4. The van der Waals surface area contributed by atoms with E-state index < -0.39 is 46.9 Å². The van der Waals surface area contributed by atoms with Crippen LogP contribution in [0.4, 0.5) is 17.6 Å². The first-order valence-electron chi connectivity index (χ1n) is 6.62. The van der Waals surface area contributed by atoms with Crippen molar-refractivity contribution in [3.63, 3.8) is 0 Å². The van der Waals surface area contributed by atoms with E-state index in [9.17, 15) is 35.3 Å². The molecule has 0 bridgehead atoms. The van der Waals surface area contributed by atoms with Gasteiger partial charge in [-0.25, -0.2) is 13.2 Å². The van der Waals surface area contributed by atoms with Gasteiger partial charge in [0.1, 0.15) is 5.75 Å². The zero-order valence-corrected chi connectivity index (χ0v) is 13.4. The van der Waals surface area contributed by atoms with Crippen LogP contribution in [0.25, 0.3) is 0 Å². The Hall–Kier alpha value is -1.98. The van der Waals surface area contributed by atoms with Gasteiger partial charge in [-0.3, -0.25) is 0 Å². The van der Waals surface area contributed by atoms with Gasteiger partial charge in [-0.1, -0.05) is 24.8 Å². The van der Waals surface area contributed by atoms with E-state index in [0.717, 1.165) is 0 Å². The van der Waals surface area contributed by atoms with Gasteiger partial charge < -0.3 is 14.0 Å². The number of carbonyl (C=O) groups is 1. The summed E-state index contributed by atoms with van der Waals surface area (Å²) in [5, 5.41) is -5.77. The van der Waals surface area contributed by atoms with E-state index in [2.05, 4.69) is 11.3 Å². The molecule has 0 radical (unpaired) electrons. The number of ether oxygens (including phenoxy) is 2. The van der Waals surface area contributed by atoms with Crippen molar-refractivity contribution < 1.29 is 44.8 Å². The van der Waals surface area contributed by atoms with E-state index in [1.165, 1.54) is 12.1 Å². The third-order valence-corrected chi connectivity index (χ3v) is 3.75. The Bertz CT molecular complexity index is 718. The maximum absolute atomic E-state index is 13.1. The minimum Gasteiger partial charge on any atom is -0.743 e. The molecule has 0 aromatic heterocycles. The summed E-state index contributed by atoms with van der Waals surface area (Å²) < 4.78 is 92.1. The Morgan fingerprint density at radius 3 is 2.24 bits per heavy atom. The van der Waals surface area contributed by atoms with E-state index in [1.54, 1.807) is 18.2 Å². The fraction of sp³-hybridized carbons (Fsp3) is 0.357. The number of hydrogen-bond acceptors (Lipinski definition) is 6. The van der Waals surface area contributed by atoms with Crippen LogP contribution in [0.2, 0.25) is 0 Å². The van der Waals surface area contributed by atoms with Crippen molar-refractivity contribution in [2.45, 2.75) is 17.6 Å². The normalized spacial score (nSPS) is 12.7. The van der Waals surface area contributed by atoms with Crippen molar-refractivity contribution in [3.05, 3.63) is 42.5 Å². The second-order valence-corrected chi connectivity index (χ2v) is 6.21. The minimum absolute atomic E-state index is 0.195. The van der Waals surface area contributed by atoms with Gasteiger partial charge in [0.2, 0.25) is 0 Å². The molecule has 0 atom stereocenters. The monoisotopic (exact) mass is 385 g/mol. The summed E-state index contributed by atoms with van der Waals surface area (Å²) in [6.07, 6.45) is -1.75. The highest BCUT2D eigenvalue weighted by Gasteiger charge is 2.61. The van der Waals surface area contributed by atoms with Gasteiger partial charge >= 0.3 is 17.1 Å². The number of carbonyl (C=O) groups excluding carboxylic acids is 1.